The number of nitrogens with zero attached hydrogens (tertiary/aromatic N) is 1. The Labute approximate surface area is 113 Å². The van der Waals surface area contributed by atoms with Gasteiger partial charge in [-0.1, -0.05) is 36.8 Å². The van der Waals surface area contributed by atoms with Gasteiger partial charge in [0.1, 0.15) is 6.61 Å². The summed E-state index contributed by atoms with van der Waals surface area (Å²) in [5, 5.41) is 0. The summed E-state index contributed by atoms with van der Waals surface area (Å²) in [5.41, 5.74) is 7.36. The number of nitrogens with two attached hydrogens (primary N) is 1. The minimum Gasteiger partial charge on any atom is -0.445 e. The number of likely N-dealkylation sites (tertiary alicyclic amines) is 1. The van der Waals surface area contributed by atoms with Crippen LogP contribution in [0, 0.1) is 5.41 Å². The summed E-state index contributed by atoms with van der Waals surface area (Å²) >= 11 is 0. The third-order valence-corrected chi connectivity index (χ3v) is 4.52. The smallest absolute Gasteiger partial charge is 0.410 e. The van der Waals surface area contributed by atoms with Crippen molar-refractivity contribution in [3.63, 3.8) is 0 Å². The lowest BCUT2D eigenvalue weighted by Crippen LogP contribution is -2.45. The van der Waals surface area contributed by atoms with E-state index in [-0.39, 0.29) is 17.6 Å². The van der Waals surface area contributed by atoms with Crippen LogP contribution in [0.25, 0.3) is 0 Å². The molecule has 19 heavy (non-hydrogen) atoms. The van der Waals surface area contributed by atoms with Crippen molar-refractivity contribution in [2.75, 3.05) is 13.1 Å². The van der Waals surface area contributed by atoms with Gasteiger partial charge in [0.15, 0.2) is 0 Å². The molecule has 1 aromatic rings. The zero-order valence-corrected chi connectivity index (χ0v) is 11.0. The second-order valence-corrected chi connectivity index (χ2v) is 5.74. The van der Waals surface area contributed by atoms with Crippen LogP contribution < -0.4 is 5.73 Å². The Morgan fingerprint density at radius 2 is 2.11 bits per heavy atom. The van der Waals surface area contributed by atoms with Crippen LogP contribution in [0.2, 0.25) is 0 Å². The van der Waals surface area contributed by atoms with Gasteiger partial charge in [0.25, 0.3) is 0 Å². The van der Waals surface area contributed by atoms with Gasteiger partial charge in [-0.25, -0.2) is 4.79 Å². The van der Waals surface area contributed by atoms with E-state index in [9.17, 15) is 4.79 Å². The Kier molecular flexibility index (Phi) is 3.19. The fraction of sp³-hybridized carbons (Fsp3) is 0.533. The van der Waals surface area contributed by atoms with Crippen molar-refractivity contribution < 1.29 is 9.53 Å². The van der Waals surface area contributed by atoms with Gasteiger partial charge < -0.3 is 15.4 Å². The van der Waals surface area contributed by atoms with E-state index in [1.54, 1.807) is 4.90 Å². The summed E-state index contributed by atoms with van der Waals surface area (Å²) < 4.78 is 5.35. The number of rotatable bonds is 2. The first kappa shape index (κ1) is 12.5. The monoisotopic (exact) mass is 260 g/mol. The lowest BCUT2D eigenvalue weighted by molar-refractivity contribution is 0.0869. The molecule has 0 unspecified atom stereocenters. The van der Waals surface area contributed by atoms with Gasteiger partial charge in [0.05, 0.1) is 0 Å². The van der Waals surface area contributed by atoms with Crippen molar-refractivity contribution in [2.24, 2.45) is 11.1 Å². The maximum Gasteiger partial charge on any atom is 0.410 e. The van der Waals surface area contributed by atoms with Crippen molar-refractivity contribution in [3.8, 4) is 0 Å². The van der Waals surface area contributed by atoms with E-state index in [4.69, 9.17) is 10.5 Å². The van der Waals surface area contributed by atoms with Crippen molar-refractivity contribution in [2.45, 2.75) is 31.9 Å². The molecule has 1 aliphatic carbocycles. The molecule has 1 saturated carbocycles. The quantitative estimate of drug-likeness (QED) is 0.886. The van der Waals surface area contributed by atoms with Crippen LogP contribution in [-0.2, 0) is 11.3 Å². The van der Waals surface area contributed by atoms with Crippen LogP contribution in [0.3, 0.4) is 0 Å². The average molecular weight is 260 g/mol. The molecule has 102 valence electrons. The summed E-state index contributed by atoms with van der Waals surface area (Å²) in [6, 6.07) is 9.86. The van der Waals surface area contributed by atoms with Gasteiger partial charge >= 0.3 is 6.09 Å². The second kappa shape index (κ2) is 4.85. The molecule has 0 radical (unpaired) electrons. The highest BCUT2D eigenvalue weighted by Crippen LogP contribution is 2.47. The van der Waals surface area contributed by atoms with Crippen LogP contribution in [-0.4, -0.2) is 30.1 Å². The van der Waals surface area contributed by atoms with Gasteiger partial charge in [-0.3, -0.25) is 0 Å². The molecule has 0 aromatic heterocycles. The molecule has 1 aromatic carbocycles. The standard InChI is InChI=1S/C15H20N2O2/c16-13-9-17(11-15(13)7-4-8-15)14(18)19-10-12-5-2-1-3-6-12/h1-3,5-6,13H,4,7-11,16H2/t13-/m1/s1. The molecule has 1 saturated heterocycles. The SMILES string of the molecule is N[C@@H]1CN(C(=O)OCc2ccccc2)CC12CCC2. The molecule has 3 rings (SSSR count). The maximum absolute atomic E-state index is 12.0. The molecule has 1 amide bonds. The molecule has 1 heterocycles. The van der Waals surface area contributed by atoms with Crippen LogP contribution >= 0.6 is 0 Å². The summed E-state index contributed by atoms with van der Waals surface area (Å²) in [4.78, 5) is 13.8. The minimum absolute atomic E-state index is 0.116. The van der Waals surface area contributed by atoms with Crippen molar-refractivity contribution >= 4 is 6.09 Å². The van der Waals surface area contributed by atoms with Crippen LogP contribution in [0.15, 0.2) is 30.3 Å². The average Bonchev–Trinajstić information content (AvgIpc) is 2.75. The van der Waals surface area contributed by atoms with Gasteiger partial charge in [0.2, 0.25) is 0 Å². The number of carbonyl (C=O) groups excluding carboxylic acids is 1. The van der Waals surface area contributed by atoms with E-state index >= 15 is 0 Å². The lowest BCUT2D eigenvalue weighted by Gasteiger charge is -2.41. The first-order valence-electron chi connectivity index (χ1n) is 6.91. The highest BCUT2D eigenvalue weighted by molar-refractivity contribution is 5.68. The number of hydrogen-bond donors (Lipinski definition) is 1. The molecule has 4 nitrogen and oxygen atoms in total. The predicted octanol–water partition coefficient (Wildman–Crippen LogP) is 2.14. The number of benzene rings is 1. The summed E-state index contributed by atoms with van der Waals surface area (Å²) in [7, 11) is 0. The third-order valence-electron chi connectivity index (χ3n) is 4.52. The molecular weight excluding hydrogens is 240 g/mol. The Morgan fingerprint density at radius 1 is 1.37 bits per heavy atom. The molecule has 1 atom stereocenters. The summed E-state index contributed by atoms with van der Waals surface area (Å²) in [6.07, 6.45) is 3.30. The zero-order valence-electron chi connectivity index (χ0n) is 11.0. The maximum atomic E-state index is 12.0. The topological polar surface area (TPSA) is 55.6 Å². The van der Waals surface area contributed by atoms with Gasteiger partial charge in [0, 0.05) is 24.5 Å². The first-order chi connectivity index (χ1) is 9.20. The van der Waals surface area contributed by atoms with Gasteiger partial charge in [-0.05, 0) is 18.4 Å². The fourth-order valence-electron chi connectivity index (χ4n) is 3.10. The van der Waals surface area contributed by atoms with Gasteiger partial charge in [-0.2, -0.15) is 0 Å². The summed E-state index contributed by atoms with van der Waals surface area (Å²) in [5.74, 6) is 0. The number of hydrogen-bond acceptors (Lipinski definition) is 3. The zero-order chi connectivity index (χ0) is 13.3. The Balaban J connectivity index is 1.54. The molecule has 1 aliphatic heterocycles. The number of ether oxygens (including phenoxy) is 1. The van der Waals surface area contributed by atoms with Crippen LogP contribution in [0.5, 0.6) is 0 Å². The fourth-order valence-corrected chi connectivity index (χ4v) is 3.10. The molecular formula is C15H20N2O2. The molecule has 0 bridgehead atoms. The molecule has 1 spiro atoms. The predicted molar refractivity (Wildman–Crippen MR) is 72.5 cm³/mol. The largest absolute Gasteiger partial charge is 0.445 e. The van der Waals surface area contributed by atoms with Crippen molar-refractivity contribution in [1.82, 2.24) is 4.90 Å². The van der Waals surface area contributed by atoms with E-state index in [1.807, 2.05) is 30.3 Å². The van der Waals surface area contributed by atoms with E-state index < -0.39 is 0 Å². The third kappa shape index (κ3) is 2.32. The van der Waals surface area contributed by atoms with E-state index in [1.165, 1.54) is 6.42 Å². The first-order valence-corrected chi connectivity index (χ1v) is 6.91. The molecule has 2 aliphatic rings. The van der Waals surface area contributed by atoms with Gasteiger partial charge in [-0.15, -0.1) is 0 Å². The van der Waals surface area contributed by atoms with E-state index in [2.05, 4.69) is 0 Å². The lowest BCUT2D eigenvalue weighted by atomic mass is 9.66. The van der Waals surface area contributed by atoms with Crippen LogP contribution in [0.4, 0.5) is 4.79 Å². The number of carbonyl (C=O) groups is 1. The van der Waals surface area contributed by atoms with Crippen LogP contribution in [0.1, 0.15) is 24.8 Å². The number of amides is 1. The molecule has 4 heteroatoms. The Bertz CT molecular complexity index is 456. The highest BCUT2D eigenvalue weighted by Gasteiger charge is 2.50. The molecule has 2 fully saturated rings. The van der Waals surface area contributed by atoms with Crippen molar-refractivity contribution in [1.29, 1.82) is 0 Å². The van der Waals surface area contributed by atoms with E-state index in [0.717, 1.165) is 24.9 Å². The Hall–Kier alpha value is -1.55. The molecule has 2 N–H and O–H groups in total. The Morgan fingerprint density at radius 3 is 2.68 bits per heavy atom. The van der Waals surface area contributed by atoms with Crippen molar-refractivity contribution in [3.05, 3.63) is 35.9 Å². The van der Waals surface area contributed by atoms with E-state index in [0.29, 0.717) is 13.2 Å². The summed E-state index contributed by atoms with van der Waals surface area (Å²) in [6.45, 7) is 1.73. The second-order valence-electron chi connectivity index (χ2n) is 5.74. The normalized spacial score (nSPS) is 24.3. The highest BCUT2D eigenvalue weighted by atomic mass is 16.6. The minimum atomic E-state index is -0.233.